The number of unbranched alkanes of at least 4 members (excludes halogenated alkanes) is 1. The minimum Gasteiger partial charge on any atom is -0.300 e. The number of carbonyl (C=O) groups is 1. The molecule has 0 aliphatic heterocycles. The molecule has 0 aromatic carbocycles. The zero-order chi connectivity index (χ0) is 18.9. The number of hydrogen-bond donors (Lipinski definition) is 1. The summed E-state index contributed by atoms with van der Waals surface area (Å²) in [6.07, 6.45) is 6.87. The summed E-state index contributed by atoms with van der Waals surface area (Å²) >= 11 is 0. The van der Waals surface area contributed by atoms with Crippen molar-refractivity contribution in [1.29, 1.82) is 0 Å². The third-order valence-corrected chi connectivity index (χ3v) is 3.92. The van der Waals surface area contributed by atoms with Crippen LogP contribution in [0.15, 0.2) is 36.5 Å². The van der Waals surface area contributed by atoms with Crippen molar-refractivity contribution in [2.24, 2.45) is 0 Å². The second-order valence-electron chi connectivity index (χ2n) is 6.05. The molecule has 0 fully saturated rings. The molecule has 26 heavy (non-hydrogen) atoms. The fourth-order valence-corrected chi connectivity index (χ4v) is 2.52. The Labute approximate surface area is 155 Å². The predicted octanol–water partition coefficient (Wildman–Crippen LogP) is 5.01. The number of nitrogens with zero attached hydrogens (tertiary/aromatic N) is 2. The van der Waals surface area contributed by atoms with E-state index in [1.54, 1.807) is 6.07 Å². The van der Waals surface area contributed by atoms with Gasteiger partial charge in [0, 0.05) is 23.9 Å². The van der Waals surface area contributed by atoms with Gasteiger partial charge < -0.3 is 0 Å². The first-order valence-electron chi connectivity index (χ1n) is 8.96. The Bertz CT molecular complexity index is 872. The van der Waals surface area contributed by atoms with Gasteiger partial charge in [-0.3, -0.25) is 15.1 Å². The van der Waals surface area contributed by atoms with Gasteiger partial charge in [0.1, 0.15) is 5.82 Å². The van der Waals surface area contributed by atoms with Gasteiger partial charge in [0.25, 0.3) is 0 Å². The summed E-state index contributed by atoms with van der Waals surface area (Å²) in [5, 5.41) is 2.71. The summed E-state index contributed by atoms with van der Waals surface area (Å²) in [5.74, 6) is 5.42. The molecule has 4 nitrogen and oxygen atoms in total. The van der Waals surface area contributed by atoms with Crippen molar-refractivity contribution in [2.45, 2.75) is 47.0 Å². The number of aryl methyl sites for hydroxylation is 1. The molecular weight excluding hydrogens is 322 g/mol. The molecule has 0 saturated carbocycles. The molecule has 0 atom stereocenters. The van der Waals surface area contributed by atoms with Gasteiger partial charge >= 0.3 is 5.91 Å². The Kier molecular flexibility index (Phi) is 7.11. The summed E-state index contributed by atoms with van der Waals surface area (Å²) in [6.45, 7) is 8.19. The Morgan fingerprint density at radius 3 is 2.85 bits per heavy atom. The molecule has 2 aromatic heterocycles. The summed E-state index contributed by atoms with van der Waals surface area (Å²) in [5.41, 5.74) is 5.03. The van der Waals surface area contributed by atoms with Crippen LogP contribution in [-0.2, 0) is 4.79 Å². The smallest absolute Gasteiger partial charge is 0.300 e. The quantitative estimate of drug-likeness (QED) is 0.774. The Morgan fingerprint density at radius 1 is 1.31 bits per heavy atom. The van der Waals surface area contributed by atoms with Crippen molar-refractivity contribution in [3.8, 4) is 23.1 Å². The van der Waals surface area contributed by atoms with Gasteiger partial charge in [0.05, 0.1) is 5.69 Å². The SMILES string of the molecule is CCC#CC(=O)Nc1cccc(-c2cnc(C)c(/C(C)=C\CCC)c2)n1. The lowest BCUT2D eigenvalue weighted by molar-refractivity contribution is -0.111. The molecule has 0 saturated heterocycles. The second-order valence-corrected chi connectivity index (χ2v) is 6.05. The number of anilines is 1. The summed E-state index contributed by atoms with van der Waals surface area (Å²) in [4.78, 5) is 20.8. The highest BCUT2D eigenvalue weighted by Gasteiger charge is 2.08. The van der Waals surface area contributed by atoms with Gasteiger partial charge in [-0.1, -0.05) is 38.3 Å². The van der Waals surface area contributed by atoms with E-state index in [0.717, 1.165) is 35.4 Å². The molecule has 134 valence electrons. The number of carbonyl (C=O) groups excluding carboxylic acids is 1. The van der Waals surface area contributed by atoms with Gasteiger partial charge in [-0.2, -0.15) is 0 Å². The van der Waals surface area contributed by atoms with Crippen LogP contribution >= 0.6 is 0 Å². The highest BCUT2D eigenvalue weighted by molar-refractivity contribution is 6.03. The van der Waals surface area contributed by atoms with E-state index in [1.165, 1.54) is 5.57 Å². The standard InChI is InChI=1S/C22H25N3O/c1-5-7-10-16(3)19-14-18(15-23-17(19)4)20-11-9-12-21(24-20)25-22(26)13-8-6-2/h9-12,14-15H,5-7H2,1-4H3,(H,24,25,26)/b16-10-. The number of aromatic nitrogens is 2. The van der Waals surface area contributed by atoms with E-state index >= 15 is 0 Å². The van der Waals surface area contributed by atoms with Crippen molar-refractivity contribution < 1.29 is 4.79 Å². The van der Waals surface area contributed by atoms with E-state index in [4.69, 9.17) is 0 Å². The Hall–Kier alpha value is -2.93. The molecule has 0 bridgehead atoms. The maximum Gasteiger partial charge on any atom is 0.301 e. The number of rotatable bonds is 5. The monoisotopic (exact) mass is 347 g/mol. The van der Waals surface area contributed by atoms with Crippen LogP contribution in [0, 0.1) is 18.8 Å². The number of hydrogen-bond acceptors (Lipinski definition) is 3. The van der Waals surface area contributed by atoms with Gasteiger partial charge in [0.2, 0.25) is 0 Å². The highest BCUT2D eigenvalue weighted by atomic mass is 16.1. The largest absolute Gasteiger partial charge is 0.301 e. The first kappa shape index (κ1) is 19.4. The third-order valence-electron chi connectivity index (χ3n) is 3.92. The third kappa shape index (κ3) is 5.29. The average Bonchev–Trinajstić information content (AvgIpc) is 2.65. The molecule has 4 heteroatoms. The van der Waals surface area contributed by atoms with Crippen LogP contribution in [0.25, 0.3) is 16.8 Å². The minimum absolute atomic E-state index is 0.349. The maximum atomic E-state index is 11.8. The molecule has 1 N–H and O–H groups in total. The van der Waals surface area contributed by atoms with Crippen molar-refractivity contribution in [3.05, 3.63) is 47.8 Å². The number of allylic oxidation sites excluding steroid dienone is 2. The minimum atomic E-state index is -0.349. The van der Waals surface area contributed by atoms with Crippen LogP contribution in [0.2, 0.25) is 0 Å². The molecule has 0 radical (unpaired) electrons. The van der Waals surface area contributed by atoms with E-state index in [1.807, 2.05) is 32.2 Å². The van der Waals surface area contributed by atoms with Crippen LogP contribution in [-0.4, -0.2) is 15.9 Å². The number of nitrogens with one attached hydrogen (secondary N) is 1. The molecule has 0 unspecified atom stereocenters. The van der Waals surface area contributed by atoms with E-state index in [-0.39, 0.29) is 5.91 Å². The van der Waals surface area contributed by atoms with E-state index in [0.29, 0.717) is 12.2 Å². The van der Waals surface area contributed by atoms with Crippen molar-refractivity contribution >= 4 is 17.3 Å². The van der Waals surface area contributed by atoms with Gasteiger partial charge in [-0.15, -0.1) is 0 Å². The first-order valence-corrected chi connectivity index (χ1v) is 8.96. The molecule has 0 aliphatic carbocycles. The van der Waals surface area contributed by atoms with Gasteiger partial charge in [0.15, 0.2) is 0 Å². The van der Waals surface area contributed by atoms with Gasteiger partial charge in [-0.05, 0) is 55.5 Å². The lowest BCUT2D eigenvalue weighted by Gasteiger charge is -2.10. The lowest BCUT2D eigenvalue weighted by Crippen LogP contribution is -2.10. The molecule has 2 rings (SSSR count). The fourth-order valence-electron chi connectivity index (χ4n) is 2.52. The van der Waals surface area contributed by atoms with Crippen LogP contribution in [0.4, 0.5) is 5.82 Å². The van der Waals surface area contributed by atoms with Crippen molar-refractivity contribution in [2.75, 3.05) is 5.32 Å². The molecule has 0 aliphatic rings. The zero-order valence-corrected chi connectivity index (χ0v) is 15.9. The van der Waals surface area contributed by atoms with Crippen LogP contribution in [0.1, 0.15) is 51.3 Å². The Balaban J connectivity index is 2.31. The predicted molar refractivity (Wildman–Crippen MR) is 107 cm³/mol. The van der Waals surface area contributed by atoms with E-state index < -0.39 is 0 Å². The number of amides is 1. The van der Waals surface area contributed by atoms with E-state index in [9.17, 15) is 4.79 Å². The number of pyridine rings is 2. The summed E-state index contributed by atoms with van der Waals surface area (Å²) in [6, 6.07) is 7.64. The van der Waals surface area contributed by atoms with Crippen molar-refractivity contribution in [3.63, 3.8) is 0 Å². The average molecular weight is 347 g/mol. The second kappa shape index (κ2) is 9.53. The van der Waals surface area contributed by atoms with E-state index in [2.05, 4.69) is 53.1 Å². The van der Waals surface area contributed by atoms with Crippen LogP contribution in [0.3, 0.4) is 0 Å². The molecular formula is C22H25N3O. The maximum absolute atomic E-state index is 11.8. The normalized spacial score (nSPS) is 10.8. The Morgan fingerprint density at radius 2 is 2.12 bits per heavy atom. The van der Waals surface area contributed by atoms with Crippen LogP contribution < -0.4 is 5.32 Å². The van der Waals surface area contributed by atoms with Crippen LogP contribution in [0.5, 0.6) is 0 Å². The topological polar surface area (TPSA) is 54.9 Å². The molecule has 0 spiro atoms. The van der Waals surface area contributed by atoms with Crippen molar-refractivity contribution in [1.82, 2.24) is 9.97 Å². The van der Waals surface area contributed by atoms with Gasteiger partial charge in [-0.25, -0.2) is 4.98 Å². The highest BCUT2D eigenvalue weighted by Crippen LogP contribution is 2.25. The zero-order valence-electron chi connectivity index (χ0n) is 15.9. The molecule has 2 aromatic rings. The summed E-state index contributed by atoms with van der Waals surface area (Å²) in [7, 11) is 0. The first-order chi connectivity index (χ1) is 12.5. The molecule has 2 heterocycles. The lowest BCUT2D eigenvalue weighted by atomic mass is 10.0. The molecule has 1 amide bonds. The fraction of sp³-hybridized carbons (Fsp3) is 0.318. The summed E-state index contributed by atoms with van der Waals surface area (Å²) < 4.78 is 0.